The van der Waals surface area contributed by atoms with Crippen molar-refractivity contribution in [3.05, 3.63) is 70.5 Å². The van der Waals surface area contributed by atoms with Gasteiger partial charge in [-0.05, 0) is 42.7 Å². The first-order chi connectivity index (χ1) is 11.5. The van der Waals surface area contributed by atoms with Crippen LogP contribution in [-0.2, 0) is 10.2 Å². The molecule has 24 heavy (non-hydrogen) atoms. The highest BCUT2D eigenvalue weighted by molar-refractivity contribution is 6.33. The molecule has 4 nitrogen and oxygen atoms in total. The number of carbonyl (C=O) groups excluding carboxylic acids is 2. The van der Waals surface area contributed by atoms with Gasteiger partial charge in [-0.1, -0.05) is 42.3 Å². The highest BCUT2D eigenvalue weighted by Crippen LogP contribution is 2.44. The molecule has 1 fully saturated rings. The Morgan fingerprint density at radius 2 is 1.79 bits per heavy atom. The normalized spacial score (nSPS) is 15.2. The number of amides is 2. The van der Waals surface area contributed by atoms with Crippen molar-refractivity contribution in [2.75, 3.05) is 0 Å². The van der Waals surface area contributed by atoms with E-state index in [1.165, 1.54) is 12.1 Å². The number of carbonyl (C=O) groups is 2. The topological polar surface area (TPSA) is 58.2 Å². The number of hydrogen-bond acceptors (Lipinski definition) is 2. The summed E-state index contributed by atoms with van der Waals surface area (Å²) in [6.45, 7) is 0. The maximum Gasteiger partial charge on any atom is 0.271 e. The van der Waals surface area contributed by atoms with Crippen molar-refractivity contribution in [2.45, 2.75) is 24.7 Å². The number of rotatable bonds is 3. The maximum atomic E-state index is 13.5. The molecule has 2 aromatic carbocycles. The third kappa shape index (κ3) is 2.99. The first-order valence-corrected chi connectivity index (χ1v) is 8.02. The molecule has 3 rings (SSSR count). The van der Waals surface area contributed by atoms with Crippen molar-refractivity contribution in [3.8, 4) is 0 Å². The van der Waals surface area contributed by atoms with Gasteiger partial charge in [0.25, 0.3) is 5.91 Å². The molecule has 2 amide bonds. The van der Waals surface area contributed by atoms with Gasteiger partial charge in [-0.2, -0.15) is 0 Å². The van der Waals surface area contributed by atoms with Crippen molar-refractivity contribution < 1.29 is 14.0 Å². The molecule has 1 saturated carbocycles. The second-order valence-corrected chi connectivity index (χ2v) is 6.24. The molecule has 2 aromatic rings. The number of halogens is 2. The molecule has 0 heterocycles. The first kappa shape index (κ1) is 16.5. The third-order valence-electron chi connectivity index (χ3n) is 4.43. The minimum atomic E-state index is -0.796. The second-order valence-electron chi connectivity index (χ2n) is 5.83. The summed E-state index contributed by atoms with van der Waals surface area (Å²) in [5.41, 5.74) is 4.93. The summed E-state index contributed by atoms with van der Waals surface area (Å²) >= 11 is 5.96. The molecule has 1 aliphatic rings. The van der Waals surface area contributed by atoms with Gasteiger partial charge in [-0.25, -0.2) is 4.39 Å². The highest BCUT2D eigenvalue weighted by atomic mass is 35.5. The van der Waals surface area contributed by atoms with Gasteiger partial charge in [-0.3, -0.25) is 20.4 Å². The Bertz CT molecular complexity index is 790. The summed E-state index contributed by atoms with van der Waals surface area (Å²) in [5, 5.41) is 0.299. The van der Waals surface area contributed by atoms with E-state index in [0.717, 1.165) is 6.42 Å². The molecule has 0 saturated heterocycles. The van der Waals surface area contributed by atoms with Gasteiger partial charge in [-0.15, -0.1) is 0 Å². The molecule has 0 radical (unpaired) electrons. The van der Waals surface area contributed by atoms with E-state index >= 15 is 0 Å². The van der Waals surface area contributed by atoms with Crippen LogP contribution in [0.1, 0.15) is 35.2 Å². The van der Waals surface area contributed by atoms with Crippen LogP contribution >= 0.6 is 11.6 Å². The fraction of sp³-hybridized carbons (Fsp3) is 0.222. The Labute approximate surface area is 144 Å². The summed E-state index contributed by atoms with van der Waals surface area (Å²) < 4.78 is 13.5. The van der Waals surface area contributed by atoms with Gasteiger partial charge in [0.05, 0.1) is 16.0 Å². The van der Waals surface area contributed by atoms with Gasteiger partial charge in [0.15, 0.2) is 0 Å². The van der Waals surface area contributed by atoms with Crippen LogP contribution in [0.4, 0.5) is 4.39 Å². The molecule has 1 aliphatic carbocycles. The molecule has 0 aromatic heterocycles. The van der Waals surface area contributed by atoms with Crippen molar-refractivity contribution in [1.82, 2.24) is 10.9 Å². The predicted octanol–water partition coefficient (Wildman–Crippen LogP) is 3.36. The number of hydrazine groups is 1. The lowest BCUT2D eigenvalue weighted by molar-refractivity contribution is -0.130. The van der Waals surface area contributed by atoms with E-state index < -0.39 is 11.3 Å². The molecular formula is C18H16ClFN2O2. The van der Waals surface area contributed by atoms with Crippen LogP contribution < -0.4 is 10.9 Å². The molecule has 2 N–H and O–H groups in total. The van der Waals surface area contributed by atoms with Crippen molar-refractivity contribution in [1.29, 1.82) is 0 Å². The van der Waals surface area contributed by atoms with E-state index in [0.29, 0.717) is 23.4 Å². The smallest absolute Gasteiger partial charge is 0.271 e. The van der Waals surface area contributed by atoms with Gasteiger partial charge in [0, 0.05) is 0 Å². The van der Waals surface area contributed by atoms with E-state index in [1.807, 2.05) is 0 Å². The Hall–Kier alpha value is -2.40. The number of nitrogens with one attached hydrogen (secondary N) is 2. The van der Waals surface area contributed by atoms with E-state index in [-0.39, 0.29) is 17.3 Å². The number of benzene rings is 2. The van der Waals surface area contributed by atoms with Crippen molar-refractivity contribution in [2.24, 2.45) is 0 Å². The van der Waals surface area contributed by atoms with E-state index in [1.54, 1.807) is 36.4 Å². The van der Waals surface area contributed by atoms with Gasteiger partial charge in [0.1, 0.15) is 5.82 Å². The third-order valence-corrected chi connectivity index (χ3v) is 4.76. The van der Waals surface area contributed by atoms with E-state index in [2.05, 4.69) is 10.9 Å². The zero-order chi connectivity index (χ0) is 17.2. The summed E-state index contributed by atoms with van der Waals surface area (Å²) in [7, 11) is 0. The van der Waals surface area contributed by atoms with E-state index in [4.69, 9.17) is 11.6 Å². The summed E-state index contributed by atoms with van der Waals surface area (Å²) in [5.74, 6) is -1.23. The van der Waals surface area contributed by atoms with Crippen LogP contribution in [0, 0.1) is 5.82 Å². The van der Waals surface area contributed by atoms with Gasteiger partial charge < -0.3 is 0 Å². The summed E-state index contributed by atoms with van der Waals surface area (Å²) in [6, 6.07) is 12.6. The molecule has 0 spiro atoms. The van der Waals surface area contributed by atoms with E-state index in [9.17, 15) is 14.0 Å². The van der Waals surface area contributed by atoms with Crippen LogP contribution in [0.15, 0.2) is 48.5 Å². The lowest BCUT2D eigenvalue weighted by Gasteiger charge is -2.40. The van der Waals surface area contributed by atoms with Crippen LogP contribution in [0.2, 0.25) is 5.02 Å². The maximum absolute atomic E-state index is 13.5. The van der Waals surface area contributed by atoms with Crippen LogP contribution in [-0.4, -0.2) is 11.8 Å². The second kappa shape index (κ2) is 6.61. The highest BCUT2D eigenvalue weighted by Gasteiger charge is 2.46. The minimum Gasteiger partial charge on any atom is -0.272 e. The monoisotopic (exact) mass is 346 g/mol. The zero-order valence-electron chi connectivity index (χ0n) is 12.8. The van der Waals surface area contributed by atoms with Crippen LogP contribution in [0.25, 0.3) is 0 Å². The van der Waals surface area contributed by atoms with Gasteiger partial charge in [0.2, 0.25) is 5.91 Å². The van der Waals surface area contributed by atoms with Crippen LogP contribution in [0.5, 0.6) is 0 Å². The van der Waals surface area contributed by atoms with Crippen LogP contribution in [0.3, 0.4) is 0 Å². The SMILES string of the molecule is O=C(NNC(=O)C1(c2cccc(F)c2)CCC1)c1ccccc1Cl. The Kier molecular flexibility index (Phi) is 4.53. The molecule has 0 aliphatic heterocycles. The Morgan fingerprint density at radius 1 is 1.04 bits per heavy atom. The average Bonchev–Trinajstić information content (AvgIpc) is 2.52. The minimum absolute atomic E-state index is 0.271. The summed E-state index contributed by atoms with van der Waals surface area (Å²) in [6.07, 6.45) is 2.11. The number of hydrogen-bond donors (Lipinski definition) is 2. The molecule has 0 unspecified atom stereocenters. The summed E-state index contributed by atoms with van der Waals surface area (Å²) in [4.78, 5) is 24.7. The Morgan fingerprint density at radius 3 is 2.42 bits per heavy atom. The zero-order valence-corrected chi connectivity index (χ0v) is 13.6. The quantitative estimate of drug-likeness (QED) is 0.837. The van der Waals surface area contributed by atoms with Crippen molar-refractivity contribution in [3.63, 3.8) is 0 Å². The van der Waals surface area contributed by atoms with Gasteiger partial charge >= 0.3 is 0 Å². The molecule has 6 heteroatoms. The molecular weight excluding hydrogens is 331 g/mol. The first-order valence-electron chi connectivity index (χ1n) is 7.64. The predicted molar refractivity (Wildman–Crippen MR) is 89.0 cm³/mol. The Balaban J connectivity index is 1.72. The lowest BCUT2D eigenvalue weighted by atomic mass is 9.64. The van der Waals surface area contributed by atoms with Crippen molar-refractivity contribution >= 4 is 23.4 Å². The fourth-order valence-corrected chi connectivity index (χ4v) is 3.13. The molecule has 124 valence electrons. The average molecular weight is 347 g/mol. The lowest BCUT2D eigenvalue weighted by Crippen LogP contribution is -2.54. The molecule has 0 atom stereocenters. The molecule has 0 bridgehead atoms. The largest absolute Gasteiger partial charge is 0.272 e. The fourth-order valence-electron chi connectivity index (χ4n) is 2.91. The standard InChI is InChI=1S/C18H16ClFN2O2/c19-15-8-2-1-7-14(15)16(23)21-22-17(24)18(9-4-10-18)12-5-3-6-13(20)11-12/h1-3,5-8,11H,4,9-10H2,(H,21,23)(H,22,24).